The van der Waals surface area contributed by atoms with Gasteiger partial charge >= 0.3 is 12.0 Å². The Hall–Kier alpha value is -1.21. The van der Waals surface area contributed by atoms with Gasteiger partial charge in [-0.2, -0.15) is 23.1 Å². The lowest BCUT2D eigenvalue weighted by Crippen LogP contribution is -2.46. The number of hydrogen-bond acceptors (Lipinski definition) is 4. The van der Waals surface area contributed by atoms with E-state index in [1.165, 1.54) is 0 Å². The minimum Gasteiger partial charge on any atom is -0.480 e. The van der Waals surface area contributed by atoms with E-state index in [-0.39, 0.29) is 0 Å². The third kappa shape index (κ3) is 5.52. The van der Waals surface area contributed by atoms with Gasteiger partial charge in [0.2, 0.25) is 0 Å². The van der Waals surface area contributed by atoms with Crippen molar-refractivity contribution in [3.05, 3.63) is 21.9 Å². The molecule has 5 nitrogen and oxygen atoms in total. The minimum absolute atomic E-state index is 0.413. The first-order valence-electron chi connectivity index (χ1n) is 5.82. The third-order valence-corrected chi connectivity index (χ3v) is 4.17. The van der Waals surface area contributed by atoms with Crippen molar-refractivity contribution in [3.63, 3.8) is 0 Å². The van der Waals surface area contributed by atoms with Crippen LogP contribution in [-0.4, -0.2) is 35.2 Å². The number of urea groups is 1. The Morgan fingerprint density at radius 2 is 2.21 bits per heavy atom. The van der Waals surface area contributed by atoms with Crippen molar-refractivity contribution in [3.8, 4) is 0 Å². The van der Waals surface area contributed by atoms with Crippen LogP contribution >= 0.6 is 23.1 Å². The summed E-state index contributed by atoms with van der Waals surface area (Å²) in [5, 5.41) is 18.1. The fraction of sp³-hybridized carbons (Fsp3) is 0.500. The summed E-state index contributed by atoms with van der Waals surface area (Å²) in [6.45, 7) is 2.39. The monoisotopic (exact) mass is 302 g/mol. The van der Waals surface area contributed by atoms with E-state index in [0.717, 1.165) is 11.1 Å². The average molecular weight is 302 g/mol. The number of rotatable bonds is 7. The van der Waals surface area contributed by atoms with Gasteiger partial charge < -0.3 is 15.7 Å². The van der Waals surface area contributed by atoms with E-state index >= 15 is 0 Å². The summed E-state index contributed by atoms with van der Waals surface area (Å²) in [5.74, 6) is -0.308. The smallest absolute Gasteiger partial charge is 0.326 e. The van der Waals surface area contributed by atoms with Gasteiger partial charge in [0.05, 0.1) is 0 Å². The molecule has 1 aromatic heterocycles. The number of thiophene rings is 1. The highest BCUT2D eigenvalue weighted by Gasteiger charge is 2.19. The molecular formula is C12H18N2O3S2. The molecule has 2 amide bonds. The maximum Gasteiger partial charge on any atom is 0.326 e. The number of hydrogen-bond donors (Lipinski definition) is 3. The summed E-state index contributed by atoms with van der Waals surface area (Å²) in [5.41, 5.74) is 2.18. The Kier molecular flexibility index (Phi) is 6.72. The molecule has 0 bridgehead atoms. The van der Waals surface area contributed by atoms with Gasteiger partial charge in [0.1, 0.15) is 6.04 Å². The Labute approximate surface area is 120 Å². The van der Waals surface area contributed by atoms with Crippen LogP contribution in [0.4, 0.5) is 4.79 Å². The van der Waals surface area contributed by atoms with Crippen molar-refractivity contribution in [2.45, 2.75) is 25.9 Å². The molecule has 1 aromatic rings. The molecule has 0 aliphatic heterocycles. The number of carbonyl (C=O) groups excluding carboxylic acids is 1. The largest absolute Gasteiger partial charge is 0.480 e. The quantitative estimate of drug-likeness (QED) is 0.720. The van der Waals surface area contributed by atoms with Gasteiger partial charge in [-0.1, -0.05) is 0 Å². The molecule has 106 valence electrons. The Balaban J connectivity index is 2.40. The summed E-state index contributed by atoms with van der Waals surface area (Å²) in [7, 11) is 0. The fourth-order valence-corrected chi connectivity index (χ4v) is 2.77. The Morgan fingerprint density at radius 1 is 1.47 bits per heavy atom. The number of carboxylic acid groups (broad SMARTS) is 1. The molecule has 0 fully saturated rings. The van der Waals surface area contributed by atoms with Crippen LogP contribution in [-0.2, 0) is 11.3 Å². The first-order chi connectivity index (χ1) is 9.04. The molecule has 1 heterocycles. The topological polar surface area (TPSA) is 78.4 Å². The lowest BCUT2D eigenvalue weighted by molar-refractivity contribution is -0.139. The van der Waals surface area contributed by atoms with E-state index in [4.69, 9.17) is 5.11 Å². The molecule has 0 aliphatic rings. The van der Waals surface area contributed by atoms with E-state index < -0.39 is 18.0 Å². The van der Waals surface area contributed by atoms with Crippen molar-refractivity contribution in [1.29, 1.82) is 0 Å². The zero-order valence-electron chi connectivity index (χ0n) is 10.9. The second-order valence-electron chi connectivity index (χ2n) is 4.08. The third-order valence-electron chi connectivity index (χ3n) is 2.62. The lowest BCUT2D eigenvalue weighted by Gasteiger charge is -2.14. The molecule has 1 rings (SSSR count). The van der Waals surface area contributed by atoms with Crippen LogP contribution in [0.5, 0.6) is 0 Å². The van der Waals surface area contributed by atoms with Gasteiger partial charge in [-0.15, -0.1) is 0 Å². The number of nitrogens with one attached hydrogen (secondary N) is 2. The van der Waals surface area contributed by atoms with Crippen LogP contribution in [0.3, 0.4) is 0 Å². The molecule has 7 heteroatoms. The SMILES string of the molecule is CSCC[C@@H](NC(=O)NCc1cscc1C)C(=O)O. The zero-order valence-corrected chi connectivity index (χ0v) is 12.6. The van der Waals surface area contributed by atoms with E-state index in [0.29, 0.717) is 18.7 Å². The van der Waals surface area contributed by atoms with E-state index in [2.05, 4.69) is 10.6 Å². The molecule has 0 radical (unpaired) electrons. The summed E-state index contributed by atoms with van der Waals surface area (Å²) >= 11 is 3.13. The molecule has 0 unspecified atom stereocenters. The molecule has 0 saturated heterocycles. The Bertz CT molecular complexity index is 434. The summed E-state index contributed by atoms with van der Waals surface area (Å²) < 4.78 is 0. The minimum atomic E-state index is -1.00. The second-order valence-corrected chi connectivity index (χ2v) is 5.81. The van der Waals surface area contributed by atoms with Crippen molar-refractivity contribution in [2.24, 2.45) is 0 Å². The van der Waals surface area contributed by atoms with E-state index in [1.54, 1.807) is 23.1 Å². The molecule has 0 spiro atoms. The molecule has 0 aromatic carbocycles. The van der Waals surface area contributed by atoms with Crippen LogP contribution in [0.2, 0.25) is 0 Å². The van der Waals surface area contributed by atoms with Gasteiger partial charge in [-0.05, 0) is 47.2 Å². The number of amides is 2. The number of aliphatic carboxylic acids is 1. The highest BCUT2D eigenvalue weighted by molar-refractivity contribution is 7.98. The molecule has 0 aliphatic carbocycles. The summed E-state index contributed by atoms with van der Waals surface area (Å²) in [6, 6.07) is -1.28. The summed E-state index contributed by atoms with van der Waals surface area (Å²) in [4.78, 5) is 22.6. The summed E-state index contributed by atoms with van der Waals surface area (Å²) in [6.07, 6.45) is 2.32. The molecule has 3 N–H and O–H groups in total. The highest BCUT2D eigenvalue weighted by atomic mass is 32.2. The molecular weight excluding hydrogens is 284 g/mol. The zero-order chi connectivity index (χ0) is 14.3. The normalized spacial score (nSPS) is 11.9. The maximum absolute atomic E-state index is 11.6. The molecule has 19 heavy (non-hydrogen) atoms. The second kappa shape index (κ2) is 8.06. The number of aryl methyl sites for hydroxylation is 1. The fourth-order valence-electron chi connectivity index (χ4n) is 1.45. The van der Waals surface area contributed by atoms with Gasteiger partial charge in [0.15, 0.2) is 0 Å². The average Bonchev–Trinajstić information content (AvgIpc) is 2.77. The standard InChI is InChI=1S/C12H18N2O3S2/c1-8-6-19-7-9(8)5-13-12(17)14-10(11(15)16)3-4-18-2/h6-7,10H,3-5H2,1-2H3,(H,15,16)(H2,13,14,17)/t10-/m1/s1. The number of carboxylic acids is 1. The predicted octanol–water partition coefficient (Wildman–Crippen LogP) is 2.06. The van der Waals surface area contributed by atoms with Gasteiger partial charge in [0, 0.05) is 6.54 Å². The lowest BCUT2D eigenvalue weighted by atomic mass is 10.2. The predicted molar refractivity (Wildman–Crippen MR) is 78.9 cm³/mol. The van der Waals surface area contributed by atoms with Crippen molar-refractivity contribution in [1.82, 2.24) is 10.6 Å². The van der Waals surface area contributed by atoms with Crippen LogP contribution in [0.1, 0.15) is 17.5 Å². The van der Waals surface area contributed by atoms with Crippen LogP contribution < -0.4 is 10.6 Å². The van der Waals surface area contributed by atoms with E-state index in [9.17, 15) is 9.59 Å². The van der Waals surface area contributed by atoms with E-state index in [1.807, 2.05) is 23.9 Å². The number of carbonyl (C=O) groups is 2. The van der Waals surface area contributed by atoms with Crippen LogP contribution in [0.15, 0.2) is 10.8 Å². The van der Waals surface area contributed by atoms with Gasteiger partial charge in [-0.25, -0.2) is 9.59 Å². The number of thioether (sulfide) groups is 1. The first-order valence-corrected chi connectivity index (χ1v) is 8.16. The van der Waals surface area contributed by atoms with Gasteiger partial charge in [0.25, 0.3) is 0 Å². The Morgan fingerprint density at radius 3 is 2.74 bits per heavy atom. The van der Waals surface area contributed by atoms with Crippen LogP contribution in [0, 0.1) is 6.92 Å². The first kappa shape index (κ1) is 15.8. The van der Waals surface area contributed by atoms with Gasteiger partial charge in [-0.3, -0.25) is 0 Å². The van der Waals surface area contributed by atoms with Crippen molar-refractivity contribution >= 4 is 35.1 Å². The molecule has 1 atom stereocenters. The molecule has 0 saturated carbocycles. The van der Waals surface area contributed by atoms with Crippen molar-refractivity contribution < 1.29 is 14.7 Å². The van der Waals surface area contributed by atoms with Crippen LogP contribution in [0.25, 0.3) is 0 Å². The highest BCUT2D eigenvalue weighted by Crippen LogP contribution is 2.12. The maximum atomic E-state index is 11.6. The van der Waals surface area contributed by atoms with Crippen molar-refractivity contribution in [2.75, 3.05) is 12.0 Å².